The number of nitrogens with one attached hydrogen (secondary N) is 1. The average Bonchev–Trinajstić information content (AvgIpc) is 2.12. The average molecular weight is 289 g/mol. The van der Waals surface area contributed by atoms with E-state index in [9.17, 15) is 0 Å². The van der Waals surface area contributed by atoms with E-state index in [1.54, 1.807) is 0 Å². The van der Waals surface area contributed by atoms with E-state index < -0.39 is 0 Å². The van der Waals surface area contributed by atoms with Crippen molar-refractivity contribution >= 4 is 27.5 Å². The minimum absolute atomic E-state index is 0.416. The van der Waals surface area contributed by atoms with E-state index in [0.29, 0.717) is 6.04 Å². The first-order valence-electron chi connectivity index (χ1n) is 5.34. The van der Waals surface area contributed by atoms with Gasteiger partial charge in [-0.3, -0.25) is 0 Å². The standard InChI is InChI=1S/C12H15BrClN/c1-15-12(8-3-2-4-8)10-6-5-9(13)7-11(10)14/h5-8,12,15H,2-4H2,1H3. The molecule has 0 radical (unpaired) electrons. The molecular weight excluding hydrogens is 273 g/mol. The van der Waals surface area contributed by atoms with E-state index in [1.807, 2.05) is 13.1 Å². The Morgan fingerprint density at radius 1 is 1.47 bits per heavy atom. The van der Waals surface area contributed by atoms with E-state index in [0.717, 1.165) is 15.4 Å². The highest BCUT2D eigenvalue weighted by atomic mass is 79.9. The maximum absolute atomic E-state index is 6.26. The smallest absolute Gasteiger partial charge is 0.0465 e. The number of benzene rings is 1. The number of rotatable bonds is 3. The first kappa shape index (κ1) is 11.4. The third-order valence-corrected chi connectivity index (χ3v) is 4.05. The van der Waals surface area contributed by atoms with Gasteiger partial charge in [-0.25, -0.2) is 0 Å². The van der Waals surface area contributed by atoms with E-state index >= 15 is 0 Å². The van der Waals surface area contributed by atoms with Gasteiger partial charge in [-0.05, 0) is 43.5 Å². The van der Waals surface area contributed by atoms with Crippen LogP contribution in [0.5, 0.6) is 0 Å². The minimum atomic E-state index is 0.416. The topological polar surface area (TPSA) is 12.0 Å². The molecule has 1 atom stereocenters. The van der Waals surface area contributed by atoms with Crippen LogP contribution < -0.4 is 5.32 Å². The van der Waals surface area contributed by atoms with Crippen molar-refractivity contribution in [3.05, 3.63) is 33.3 Å². The van der Waals surface area contributed by atoms with Crippen LogP contribution in [0, 0.1) is 5.92 Å². The Balaban J connectivity index is 2.25. The van der Waals surface area contributed by atoms with Crippen LogP contribution in [0.4, 0.5) is 0 Å². The highest BCUT2D eigenvalue weighted by molar-refractivity contribution is 9.10. The van der Waals surface area contributed by atoms with Gasteiger partial charge in [0, 0.05) is 15.5 Å². The molecule has 1 aliphatic carbocycles. The van der Waals surface area contributed by atoms with Crippen molar-refractivity contribution in [2.45, 2.75) is 25.3 Å². The molecule has 0 amide bonds. The summed E-state index contributed by atoms with van der Waals surface area (Å²) >= 11 is 9.69. The minimum Gasteiger partial charge on any atom is -0.313 e. The Morgan fingerprint density at radius 2 is 2.20 bits per heavy atom. The van der Waals surface area contributed by atoms with Gasteiger partial charge in [0.15, 0.2) is 0 Å². The Hall–Kier alpha value is -0.0500. The summed E-state index contributed by atoms with van der Waals surface area (Å²) in [7, 11) is 2.02. The molecule has 0 spiro atoms. The van der Waals surface area contributed by atoms with Crippen molar-refractivity contribution in [3.8, 4) is 0 Å². The lowest BCUT2D eigenvalue weighted by Crippen LogP contribution is -2.29. The summed E-state index contributed by atoms with van der Waals surface area (Å²) < 4.78 is 1.04. The maximum Gasteiger partial charge on any atom is 0.0465 e. The molecule has 0 heterocycles. The number of hydrogen-bond acceptors (Lipinski definition) is 1. The van der Waals surface area contributed by atoms with Crippen molar-refractivity contribution in [2.24, 2.45) is 5.92 Å². The van der Waals surface area contributed by atoms with Crippen molar-refractivity contribution in [3.63, 3.8) is 0 Å². The summed E-state index contributed by atoms with van der Waals surface area (Å²) in [6.45, 7) is 0. The summed E-state index contributed by atoms with van der Waals surface area (Å²) in [5.41, 5.74) is 1.23. The molecule has 1 aromatic carbocycles. The van der Waals surface area contributed by atoms with Crippen LogP contribution in [-0.4, -0.2) is 7.05 Å². The molecule has 1 unspecified atom stereocenters. The molecule has 0 aromatic heterocycles. The van der Waals surface area contributed by atoms with Gasteiger partial charge < -0.3 is 5.32 Å². The molecule has 2 rings (SSSR count). The van der Waals surface area contributed by atoms with Gasteiger partial charge in [0.05, 0.1) is 0 Å². The van der Waals surface area contributed by atoms with Crippen LogP contribution in [0.25, 0.3) is 0 Å². The lowest BCUT2D eigenvalue weighted by atomic mass is 9.77. The van der Waals surface area contributed by atoms with Crippen LogP contribution >= 0.6 is 27.5 Å². The summed E-state index contributed by atoms with van der Waals surface area (Å²) in [4.78, 5) is 0. The Morgan fingerprint density at radius 3 is 2.67 bits per heavy atom. The second kappa shape index (κ2) is 4.86. The monoisotopic (exact) mass is 287 g/mol. The molecule has 0 saturated heterocycles. The Bertz CT molecular complexity index is 349. The van der Waals surface area contributed by atoms with E-state index in [4.69, 9.17) is 11.6 Å². The van der Waals surface area contributed by atoms with Gasteiger partial charge in [-0.2, -0.15) is 0 Å². The third-order valence-electron chi connectivity index (χ3n) is 3.23. The summed E-state index contributed by atoms with van der Waals surface area (Å²) in [5.74, 6) is 0.758. The lowest BCUT2D eigenvalue weighted by molar-refractivity contribution is 0.239. The van der Waals surface area contributed by atoms with Crippen LogP contribution in [0.2, 0.25) is 5.02 Å². The Labute approximate surface area is 104 Å². The second-order valence-corrected chi connectivity index (χ2v) is 5.45. The lowest BCUT2D eigenvalue weighted by Gasteiger charge is -2.34. The van der Waals surface area contributed by atoms with Crippen molar-refractivity contribution in [1.29, 1.82) is 0 Å². The molecule has 1 saturated carbocycles. The molecular formula is C12H15BrClN. The highest BCUT2D eigenvalue weighted by Gasteiger charge is 2.28. The summed E-state index contributed by atoms with van der Waals surface area (Å²) in [6, 6.07) is 6.56. The molecule has 1 nitrogen and oxygen atoms in total. The predicted molar refractivity (Wildman–Crippen MR) is 68.3 cm³/mol. The maximum atomic E-state index is 6.26. The van der Waals surface area contributed by atoms with Gasteiger partial charge in [0.25, 0.3) is 0 Å². The van der Waals surface area contributed by atoms with Gasteiger partial charge in [0.1, 0.15) is 0 Å². The van der Waals surface area contributed by atoms with Crippen molar-refractivity contribution < 1.29 is 0 Å². The summed E-state index contributed by atoms with van der Waals surface area (Å²) in [5, 5.41) is 4.24. The zero-order chi connectivity index (χ0) is 10.8. The van der Waals surface area contributed by atoms with E-state index in [1.165, 1.54) is 24.8 Å². The molecule has 0 bridgehead atoms. The van der Waals surface area contributed by atoms with Gasteiger partial charge >= 0.3 is 0 Å². The Kier molecular flexibility index (Phi) is 3.70. The second-order valence-electron chi connectivity index (χ2n) is 4.12. The van der Waals surface area contributed by atoms with Gasteiger partial charge in [-0.1, -0.05) is 40.0 Å². The molecule has 3 heteroatoms. The van der Waals surface area contributed by atoms with Gasteiger partial charge in [-0.15, -0.1) is 0 Å². The van der Waals surface area contributed by atoms with Crippen molar-refractivity contribution in [2.75, 3.05) is 7.05 Å². The van der Waals surface area contributed by atoms with Crippen LogP contribution in [-0.2, 0) is 0 Å². The van der Waals surface area contributed by atoms with Crippen LogP contribution in [0.15, 0.2) is 22.7 Å². The fourth-order valence-electron chi connectivity index (χ4n) is 2.17. The van der Waals surface area contributed by atoms with E-state index in [2.05, 4.69) is 33.4 Å². The zero-order valence-corrected chi connectivity index (χ0v) is 11.1. The first-order chi connectivity index (χ1) is 7.22. The molecule has 82 valence electrons. The SMILES string of the molecule is CNC(c1ccc(Br)cc1Cl)C1CCC1. The summed E-state index contributed by atoms with van der Waals surface area (Å²) in [6.07, 6.45) is 3.99. The molecule has 1 fully saturated rings. The first-order valence-corrected chi connectivity index (χ1v) is 6.51. The predicted octanol–water partition coefficient (Wildman–Crippen LogP) is 4.16. The fraction of sp³-hybridized carbons (Fsp3) is 0.500. The molecule has 15 heavy (non-hydrogen) atoms. The number of hydrogen-bond donors (Lipinski definition) is 1. The largest absolute Gasteiger partial charge is 0.313 e. The molecule has 0 aliphatic heterocycles. The van der Waals surface area contributed by atoms with Crippen LogP contribution in [0.1, 0.15) is 30.9 Å². The quantitative estimate of drug-likeness (QED) is 0.880. The normalized spacial score (nSPS) is 18.6. The molecule has 1 N–H and O–H groups in total. The molecule has 1 aliphatic rings. The van der Waals surface area contributed by atoms with E-state index in [-0.39, 0.29) is 0 Å². The fourth-order valence-corrected chi connectivity index (χ4v) is 2.96. The van der Waals surface area contributed by atoms with Crippen LogP contribution in [0.3, 0.4) is 0 Å². The number of halogens is 2. The highest BCUT2D eigenvalue weighted by Crippen LogP contribution is 2.40. The zero-order valence-electron chi connectivity index (χ0n) is 8.76. The molecule has 1 aromatic rings. The van der Waals surface area contributed by atoms with Gasteiger partial charge in [0.2, 0.25) is 0 Å². The third kappa shape index (κ3) is 2.38. The van der Waals surface area contributed by atoms with Crippen molar-refractivity contribution in [1.82, 2.24) is 5.32 Å².